The zero-order valence-corrected chi connectivity index (χ0v) is 15.2. The number of hydrogen-bond acceptors (Lipinski definition) is 4. The van der Waals surface area contributed by atoms with E-state index in [0.717, 1.165) is 0 Å². The highest BCUT2D eigenvalue weighted by molar-refractivity contribution is 5.93. The Hall–Kier alpha value is -2.77. The van der Waals surface area contributed by atoms with Crippen molar-refractivity contribution in [2.75, 3.05) is 0 Å². The van der Waals surface area contributed by atoms with Gasteiger partial charge in [0.1, 0.15) is 23.4 Å². The molecule has 2 aromatic rings. The monoisotopic (exact) mass is 362 g/mol. The number of hydrogen-bond donors (Lipinski definition) is 2. The normalized spacial score (nSPS) is 13.5. The van der Waals surface area contributed by atoms with Crippen LogP contribution in [-0.2, 0) is 4.79 Å². The highest BCUT2D eigenvalue weighted by Crippen LogP contribution is 2.20. The lowest BCUT2D eigenvalue weighted by atomic mass is 9.99. The van der Waals surface area contributed by atoms with E-state index in [1.165, 1.54) is 16.8 Å². The Balaban J connectivity index is 2.39. The fraction of sp³-hybridized carbons (Fsp3) is 0.444. The molecule has 0 aliphatic rings. The molecule has 7 nitrogen and oxygen atoms in total. The Morgan fingerprint density at radius 1 is 1.27 bits per heavy atom. The topological polar surface area (TPSA) is 97.1 Å². The number of aliphatic carboxylic acids is 1. The molecule has 0 aliphatic heterocycles. The first-order valence-corrected chi connectivity index (χ1v) is 8.51. The Kier molecular flexibility index (Phi) is 6.07. The number of nitrogens with one attached hydrogen (secondary N) is 1. The van der Waals surface area contributed by atoms with E-state index in [1.807, 2.05) is 20.8 Å². The largest absolute Gasteiger partial charge is 0.480 e. The van der Waals surface area contributed by atoms with Gasteiger partial charge in [0.15, 0.2) is 0 Å². The molecule has 0 aliphatic carbocycles. The van der Waals surface area contributed by atoms with Crippen molar-refractivity contribution in [3.05, 3.63) is 41.7 Å². The summed E-state index contributed by atoms with van der Waals surface area (Å²) >= 11 is 0. The van der Waals surface area contributed by atoms with Gasteiger partial charge in [-0.25, -0.2) is 18.9 Å². The summed E-state index contributed by atoms with van der Waals surface area (Å²) in [6.45, 7) is 7.28. The van der Waals surface area contributed by atoms with Crippen LogP contribution in [0.1, 0.15) is 56.5 Å². The predicted octanol–water partition coefficient (Wildman–Crippen LogP) is 2.76. The third kappa shape index (κ3) is 4.07. The Bertz CT molecular complexity index is 803. The van der Waals surface area contributed by atoms with E-state index >= 15 is 0 Å². The zero-order chi connectivity index (χ0) is 19.4. The van der Waals surface area contributed by atoms with Crippen LogP contribution in [0.25, 0.3) is 5.69 Å². The molecule has 1 aromatic heterocycles. The number of carboxylic acids is 1. The van der Waals surface area contributed by atoms with E-state index in [-0.39, 0.29) is 23.3 Å². The van der Waals surface area contributed by atoms with Gasteiger partial charge in [0.25, 0.3) is 5.91 Å². The summed E-state index contributed by atoms with van der Waals surface area (Å²) in [5.74, 6) is -2.46. The van der Waals surface area contributed by atoms with Crippen LogP contribution in [0.4, 0.5) is 4.39 Å². The molecule has 0 saturated carbocycles. The molecular weight excluding hydrogens is 339 g/mol. The van der Waals surface area contributed by atoms with E-state index in [2.05, 4.69) is 15.4 Å². The van der Waals surface area contributed by atoms with Crippen LogP contribution in [0.2, 0.25) is 0 Å². The Labute approximate surface area is 151 Å². The van der Waals surface area contributed by atoms with Gasteiger partial charge < -0.3 is 10.4 Å². The molecule has 1 heterocycles. The second-order valence-corrected chi connectivity index (χ2v) is 6.49. The summed E-state index contributed by atoms with van der Waals surface area (Å²) in [4.78, 5) is 28.1. The highest BCUT2D eigenvalue weighted by Gasteiger charge is 2.28. The maximum atomic E-state index is 14.1. The van der Waals surface area contributed by atoms with E-state index in [0.29, 0.717) is 12.2 Å². The smallest absolute Gasteiger partial charge is 0.326 e. The molecule has 2 atom stereocenters. The summed E-state index contributed by atoms with van der Waals surface area (Å²) in [5.41, 5.74) is 0.180. The molecule has 2 N–H and O–H groups in total. The first-order chi connectivity index (χ1) is 12.3. The van der Waals surface area contributed by atoms with Gasteiger partial charge in [-0.3, -0.25) is 4.79 Å². The van der Waals surface area contributed by atoms with Crippen molar-refractivity contribution >= 4 is 11.9 Å². The second-order valence-electron chi connectivity index (χ2n) is 6.49. The minimum absolute atomic E-state index is 0.117. The van der Waals surface area contributed by atoms with Crippen LogP contribution in [0.15, 0.2) is 24.3 Å². The van der Waals surface area contributed by atoms with Crippen molar-refractivity contribution in [2.45, 2.75) is 46.1 Å². The van der Waals surface area contributed by atoms with E-state index in [4.69, 9.17) is 0 Å². The summed E-state index contributed by atoms with van der Waals surface area (Å²) in [6.07, 6.45) is 0.589. The van der Waals surface area contributed by atoms with Gasteiger partial charge in [0.2, 0.25) is 5.82 Å². The predicted molar refractivity (Wildman–Crippen MR) is 93.8 cm³/mol. The molecule has 1 amide bonds. The van der Waals surface area contributed by atoms with Crippen LogP contribution in [-0.4, -0.2) is 37.8 Å². The average molecular weight is 362 g/mol. The lowest BCUT2D eigenvalue weighted by molar-refractivity contribution is -0.140. The van der Waals surface area contributed by atoms with E-state index in [1.54, 1.807) is 19.1 Å². The molecule has 140 valence electrons. The molecule has 0 fully saturated rings. The lowest BCUT2D eigenvalue weighted by Gasteiger charge is -2.19. The van der Waals surface area contributed by atoms with Gasteiger partial charge in [-0.2, -0.15) is 0 Å². The Morgan fingerprint density at radius 3 is 2.46 bits per heavy atom. The standard InChI is InChI=1S/C18H23FN4O3/c1-5-11(4)14(18(25)26)20-17(24)15-21-16(10(2)3)23(22-15)13-9-7-6-8-12(13)19/h6-11,14H,5H2,1-4H3,(H,20,24)(H,25,26). The molecule has 0 spiro atoms. The summed E-state index contributed by atoms with van der Waals surface area (Å²) < 4.78 is 15.4. The van der Waals surface area contributed by atoms with Crippen molar-refractivity contribution in [1.29, 1.82) is 0 Å². The number of carbonyl (C=O) groups is 2. The number of carboxylic acid groups (broad SMARTS) is 1. The van der Waals surface area contributed by atoms with Crippen molar-refractivity contribution in [2.24, 2.45) is 5.92 Å². The summed E-state index contributed by atoms with van der Waals surface area (Å²) in [5, 5.41) is 15.9. The second kappa shape index (κ2) is 8.07. The average Bonchev–Trinajstić information content (AvgIpc) is 3.04. The molecule has 8 heteroatoms. The van der Waals surface area contributed by atoms with Crippen molar-refractivity contribution in [1.82, 2.24) is 20.1 Å². The third-order valence-electron chi connectivity index (χ3n) is 4.20. The Morgan fingerprint density at radius 2 is 1.92 bits per heavy atom. The van der Waals surface area contributed by atoms with Crippen LogP contribution in [0.3, 0.4) is 0 Å². The third-order valence-corrected chi connectivity index (χ3v) is 4.20. The van der Waals surface area contributed by atoms with Gasteiger partial charge in [-0.15, -0.1) is 5.10 Å². The summed E-state index contributed by atoms with van der Waals surface area (Å²) in [6, 6.07) is 5.01. The minimum Gasteiger partial charge on any atom is -0.480 e. The number of rotatable bonds is 7. The quantitative estimate of drug-likeness (QED) is 0.789. The molecule has 0 bridgehead atoms. The molecular formula is C18H23FN4O3. The first kappa shape index (κ1) is 19.6. The molecule has 2 rings (SSSR count). The number of amides is 1. The molecule has 2 unspecified atom stereocenters. The van der Waals surface area contributed by atoms with Crippen molar-refractivity contribution < 1.29 is 19.1 Å². The van der Waals surface area contributed by atoms with Gasteiger partial charge in [-0.05, 0) is 18.1 Å². The summed E-state index contributed by atoms with van der Waals surface area (Å²) in [7, 11) is 0. The van der Waals surface area contributed by atoms with Crippen molar-refractivity contribution in [3.63, 3.8) is 0 Å². The van der Waals surface area contributed by atoms with E-state index < -0.39 is 23.7 Å². The van der Waals surface area contributed by atoms with E-state index in [9.17, 15) is 19.1 Å². The van der Waals surface area contributed by atoms with Gasteiger partial charge >= 0.3 is 5.97 Å². The van der Waals surface area contributed by atoms with Crippen LogP contribution >= 0.6 is 0 Å². The molecule has 26 heavy (non-hydrogen) atoms. The SMILES string of the molecule is CCC(C)C(NC(=O)c1nc(C(C)C)n(-c2ccccc2F)n1)C(=O)O. The molecule has 0 saturated heterocycles. The lowest BCUT2D eigenvalue weighted by Crippen LogP contribution is -2.45. The number of benzene rings is 1. The molecule has 0 radical (unpaired) electrons. The minimum atomic E-state index is -1.12. The first-order valence-electron chi connectivity index (χ1n) is 8.51. The highest BCUT2D eigenvalue weighted by atomic mass is 19.1. The van der Waals surface area contributed by atoms with Gasteiger partial charge in [-0.1, -0.05) is 46.2 Å². The number of para-hydroxylation sites is 1. The fourth-order valence-corrected chi connectivity index (χ4v) is 2.48. The number of nitrogens with zero attached hydrogens (tertiary/aromatic N) is 3. The fourth-order valence-electron chi connectivity index (χ4n) is 2.48. The van der Waals surface area contributed by atoms with Gasteiger partial charge in [0, 0.05) is 5.92 Å². The maximum Gasteiger partial charge on any atom is 0.326 e. The number of carbonyl (C=O) groups excluding carboxylic acids is 1. The van der Waals surface area contributed by atoms with Crippen LogP contribution < -0.4 is 5.32 Å². The number of halogens is 1. The van der Waals surface area contributed by atoms with Gasteiger partial charge in [0.05, 0.1) is 0 Å². The van der Waals surface area contributed by atoms with Crippen LogP contribution in [0, 0.1) is 11.7 Å². The zero-order valence-electron chi connectivity index (χ0n) is 15.2. The van der Waals surface area contributed by atoms with Crippen molar-refractivity contribution in [3.8, 4) is 5.69 Å². The number of aromatic nitrogens is 3. The maximum absolute atomic E-state index is 14.1. The van der Waals surface area contributed by atoms with Crippen LogP contribution in [0.5, 0.6) is 0 Å². The molecule has 1 aromatic carbocycles.